The van der Waals surface area contributed by atoms with Crippen LogP contribution in [0.2, 0.25) is 0 Å². The van der Waals surface area contributed by atoms with Gasteiger partial charge in [0.2, 0.25) is 0 Å². The van der Waals surface area contributed by atoms with E-state index in [4.69, 9.17) is 4.74 Å². The molecule has 3 aliphatic rings. The van der Waals surface area contributed by atoms with Crippen molar-refractivity contribution in [3.63, 3.8) is 0 Å². The van der Waals surface area contributed by atoms with Gasteiger partial charge in [0, 0.05) is 12.0 Å². The predicted molar refractivity (Wildman–Crippen MR) is 72.2 cm³/mol. The Labute approximate surface area is 117 Å². The third-order valence-corrected chi connectivity index (χ3v) is 4.87. The number of benzene rings is 1. The van der Waals surface area contributed by atoms with Crippen molar-refractivity contribution < 1.29 is 13.9 Å². The summed E-state index contributed by atoms with van der Waals surface area (Å²) in [5, 5.41) is 0. The van der Waals surface area contributed by atoms with Crippen molar-refractivity contribution in [3.05, 3.63) is 29.8 Å². The predicted octanol–water partition coefficient (Wildman–Crippen LogP) is 3.00. The molecule has 1 aromatic rings. The van der Waals surface area contributed by atoms with Crippen molar-refractivity contribution in [1.82, 2.24) is 4.90 Å². The number of carbonyl (C=O) groups is 1. The number of ether oxygens (including phenoxy) is 1. The molecule has 1 saturated heterocycles. The molecule has 106 valence electrons. The van der Waals surface area contributed by atoms with Crippen molar-refractivity contribution >= 4 is 5.91 Å². The Kier molecular flexibility index (Phi) is 2.56. The van der Waals surface area contributed by atoms with Gasteiger partial charge in [-0.2, -0.15) is 0 Å². The van der Waals surface area contributed by atoms with Crippen LogP contribution in [0.1, 0.15) is 43.7 Å². The summed E-state index contributed by atoms with van der Waals surface area (Å²) in [6.07, 6.45) is 3.20. The number of alkyl halides is 1. The van der Waals surface area contributed by atoms with Gasteiger partial charge in [-0.1, -0.05) is 18.2 Å². The SMILES string of the molecule is O=C(N1C[C@@H]2C[C@H]1c1ccccc1O2)C1(F)CCCC1. The Balaban J connectivity index is 1.67. The quantitative estimate of drug-likeness (QED) is 0.788. The topological polar surface area (TPSA) is 29.5 Å². The molecule has 0 spiro atoms. The summed E-state index contributed by atoms with van der Waals surface area (Å²) in [7, 11) is 0. The highest BCUT2D eigenvalue weighted by Crippen LogP contribution is 2.46. The van der Waals surface area contributed by atoms with Crippen molar-refractivity contribution in [1.29, 1.82) is 0 Å². The lowest BCUT2D eigenvalue weighted by Crippen LogP contribution is -2.44. The molecule has 1 amide bonds. The zero-order valence-electron chi connectivity index (χ0n) is 11.3. The average molecular weight is 275 g/mol. The lowest BCUT2D eigenvalue weighted by Gasteiger charge is -2.30. The first-order valence-corrected chi connectivity index (χ1v) is 7.43. The molecule has 20 heavy (non-hydrogen) atoms. The Morgan fingerprint density at radius 3 is 2.85 bits per heavy atom. The minimum Gasteiger partial charge on any atom is -0.488 e. The van der Waals surface area contributed by atoms with E-state index in [0.717, 1.165) is 30.6 Å². The molecule has 2 bridgehead atoms. The highest BCUT2D eigenvalue weighted by molar-refractivity contribution is 5.86. The van der Waals surface area contributed by atoms with Crippen LogP contribution in [0.4, 0.5) is 4.39 Å². The Hall–Kier alpha value is -1.58. The van der Waals surface area contributed by atoms with Crippen LogP contribution < -0.4 is 4.74 Å². The van der Waals surface area contributed by atoms with Gasteiger partial charge < -0.3 is 9.64 Å². The average Bonchev–Trinajstić information content (AvgIpc) is 3.04. The largest absolute Gasteiger partial charge is 0.488 e. The number of carbonyl (C=O) groups excluding carboxylic acids is 1. The molecule has 2 fully saturated rings. The summed E-state index contributed by atoms with van der Waals surface area (Å²) in [6.45, 7) is 0.518. The van der Waals surface area contributed by atoms with E-state index in [1.807, 2.05) is 24.3 Å². The summed E-state index contributed by atoms with van der Waals surface area (Å²) < 4.78 is 20.6. The molecule has 2 atom stereocenters. The zero-order valence-corrected chi connectivity index (χ0v) is 11.3. The minimum absolute atomic E-state index is 0.00863. The van der Waals surface area contributed by atoms with Crippen LogP contribution >= 0.6 is 0 Å². The van der Waals surface area contributed by atoms with E-state index in [9.17, 15) is 9.18 Å². The van der Waals surface area contributed by atoms with Crippen molar-refractivity contribution in [2.75, 3.05) is 6.54 Å². The smallest absolute Gasteiger partial charge is 0.260 e. The van der Waals surface area contributed by atoms with Gasteiger partial charge in [-0.05, 0) is 31.7 Å². The van der Waals surface area contributed by atoms with Crippen LogP contribution in [0.5, 0.6) is 5.75 Å². The number of amides is 1. The van der Waals surface area contributed by atoms with Gasteiger partial charge in [0.25, 0.3) is 5.91 Å². The summed E-state index contributed by atoms with van der Waals surface area (Å²) in [5.41, 5.74) is -0.608. The Morgan fingerprint density at radius 1 is 1.30 bits per heavy atom. The van der Waals surface area contributed by atoms with Gasteiger partial charge in [0.15, 0.2) is 5.67 Å². The van der Waals surface area contributed by atoms with Crippen molar-refractivity contribution in [2.24, 2.45) is 0 Å². The van der Waals surface area contributed by atoms with Gasteiger partial charge in [-0.3, -0.25) is 4.79 Å². The molecule has 4 heteroatoms. The number of likely N-dealkylation sites (tertiary alicyclic amines) is 1. The number of hydrogen-bond acceptors (Lipinski definition) is 2. The second-order valence-electron chi connectivity index (χ2n) is 6.16. The Morgan fingerprint density at radius 2 is 2.05 bits per heavy atom. The maximum Gasteiger partial charge on any atom is 0.260 e. The van der Waals surface area contributed by atoms with Gasteiger partial charge >= 0.3 is 0 Å². The zero-order chi connectivity index (χ0) is 13.7. The van der Waals surface area contributed by atoms with E-state index in [-0.39, 0.29) is 18.1 Å². The molecule has 0 N–H and O–H groups in total. The molecular weight excluding hydrogens is 257 g/mol. The fourth-order valence-corrected chi connectivity index (χ4v) is 3.85. The lowest BCUT2D eigenvalue weighted by molar-refractivity contribution is -0.144. The molecule has 4 rings (SSSR count). The van der Waals surface area contributed by atoms with E-state index in [1.54, 1.807) is 4.90 Å². The van der Waals surface area contributed by atoms with Gasteiger partial charge in [-0.25, -0.2) is 4.39 Å². The maximum atomic E-state index is 14.8. The van der Waals surface area contributed by atoms with Gasteiger partial charge in [0.05, 0.1) is 12.6 Å². The van der Waals surface area contributed by atoms with Crippen molar-refractivity contribution in [2.45, 2.75) is 49.9 Å². The summed E-state index contributed by atoms with van der Waals surface area (Å²) in [5.74, 6) is 0.534. The fourth-order valence-electron chi connectivity index (χ4n) is 3.85. The number of hydrogen-bond donors (Lipinski definition) is 0. The Bertz CT molecular complexity index is 553. The number of rotatable bonds is 1. The van der Waals surface area contributed by atoms with E-state index < -0.39 is 5.67 Å². The monoisotopic (exact) mass is 275 g/mol. The van der Waals surface area contributed by atoms with Crippen LogP contribution in [0, 0.1) is 0 Å². The van der Waals surface area contributed by atoms with Gasteiger partial charge in [0.1, 0.15) is 11.9 Å². The number of nitrogens with zero attached hydrogens (tertiary/aromatic N) is 1. The van der Waals surface area contributed by atoms with Crippen LogP contribution in [0.25, 0.3) is 0 Å². The van der Waals surface area contributed by atoms with Crippen molar-refractivity contribution in [3.8, 4) is 5.75 Å². The van der Waals surface area contributed by atoms with E-state index >= 15 is 0 Å². The van der Waals surface area contributed by atoms with E-state index in [0.29, 0.717) is 19.4 Å². The first kappa shape index (κ1) is 12.2. The molecule has 3 nitrogen and oxygen atoms in total. The summed E-state index contributed by atoms with van der Waals surface area (Å²) in [4.78, 5) is 14.3. The molecule has 1 aromatic carbocycles. The second kappa shape index (κ2) is 4.21. The van der Waals surface area contributed by atoms with Crippen LogP contribution in [0.15, 0.2) is 24.3 Å². The van der Waals surface area contributed by atoms with Crippen LogP contribution in [0.3, 0.4) is 0 Å². The maximum absolute atomic E-state index is 14.8. The van der Waals surface area contributed by atoms with Crippen LogP contribution in [-0.2, 0) is 4.79 Å². The highest BCUT2D eigenvalue weighted by atomic mass is 19.1. The lowest BCUT2D eigenvalue weighted by atomic mass is 9.98. The molecule has 0 radical (unpaired) electrons. The second-order valence-corrected chi connectivity index (χ2v) is 6.16. The molecule has 0 aromatic heterocycles. The van der Waals surface area contributed by atoms with E-state index in [1.165, 1.54) is 0 Å². The minimum atomic E-state index is -1.63. The molecule has 1 saturated carbocycles. The number of halogens is 1. The molecule has 1 aliphatic carbocycles. The van der Waals surface area contributed by atoms with Gasteiger partial charge in [-0.15, -0.1) is 0 Å². The number of fused-ring (bicyclic) bond motifs is 4. The molecule has 2 heterocycles. The first-order chi connectivity index (χ1) is 9.67. The highest BCUT2D eigenvalue weighted by Gasteiger charge is 2.50. The molecule has 0 unspecified atom stereocenters. The normalized spacial score (nSPS) is 29.9. The first-order valence-electron chi connectivity index (χ1n) is 7.43. The van der Waals surface area contributed by atoms with E-state index in [2.05, 4.69) is 0 Å². The van der Waals surface area contributed by atoms with Crippen LogP contribution in [-0.4, -0.2) is 29.1 Å². The molecule has 2 aliphatic heterocycles. The summed E-state index contributed by atoms with van der Waals surface area (Å²) in [6, 6.07) is 7.80. The summed E-state index contributed by atoms with van der Waals surface area (Å²) >= 11 is 0. The third-order valence-electron chi connectivity index (χ3n) is 4.87. The standard InChI is InChI=1S/C16H18FNO2/c17-16(7-3-4-8-16)15(19)18-10-11-9-13(18)12-5-1-2-6-14(12)20-11/h1-2,5-6,11,13H,3-4,7-10H2/t11-,13-/m0/s1. The third kappa shape index (κ3) is 1.67. The molecular formula is C16H18FNO2. The fraction of sp³-hybridized carbons (Fsp3) is 0.562. The number of para-hydroxylation sites is 1.